The Bertz CT molecular complexity index is 611. The summed E-state index contributed by atoms with van der Waals surface area (Å²) >= 11 is 6.46. The van der Waals surface area contributed by atoms with Crippen molar-refractivity contribution < 1.29 is 19.4 Å². The minimum Gasteiger partial charge on any atom is -0.477 e. The maximum Gasteiger partial charge on any atom is 0.363 e. The average Bonchev–Trinajstić information content (AvgIpc) is 2.78. The Morgan fingerprint density at radius 2 is 2.11 bits per heavy atom. The number of hydrogen-bond acceptors (Lipinski definition) is 5. The molecule has 0 aliphatic rings. The molecule has 0 saturated carbocycles. The van der Waals surface area contributed by atoms with Crippen LogP contribution in [0.15, 0.2) is 30.3 Å². The lowest BCUT2D eigenvalue weighted by molar-refractivity contribution is 0.0702. The van der Waals surface area contributed by atoms with Crippen LogP contribution in [-0.4, -0.2) is 21.4 Å². The molecule has 5 nitrogen and oxygen atoms in total. The van der Waals surface area contributed by atoms with Gasteiger partial charge in [0.1, 0.15) is 10.6 Å². The minimum absolute atomic E-state index is 0.0203. The van der Waals surface area contributed by atoms with Crippen molar-refractivity contribution in [1.82, 2.24) is 4.37 Å². The Balaban J connectivity index is 2.14. The molecule has 1 N–H and O–H groups in total. The molecule has 1 aromatic carbocycles. The number of aromatic nitrogens is 1. The summed E-state index contributed by atoms with van der Waals surface area (Å²) in [6, 6.07) is 7.48. The molecule has 0 spiro atoms. The first-order chi connectivity index (χ1) is 8.56. The number of benzene rings is 1. The highest BCUT2D eigenvalue weighted by Gasteiger charge is 2.16. The second-order valence-corrected chi connectivity index (χ2v) is 4.47. The first kappa shape index (κ1) is 12.5. The lowest BCUT2D eigenvalue weighted by Gasteiger charge is -2.01. The zero-order chi connectivity index (χ0) is 13.1. The van der Waals surface area contributed by atoms with Crippen LogP contribution in [0.1, 0.15) is 20.2 Å². The summed E-state index contributed by atoms with van der Waals surface area (Å²) in [6.07, 6.45) is 0. The van der Waals surface area contributed by atoms with Crippen LogP contribution >= 0.6 is 23.1 Å². The number of nitrogens with zero attached hydrogens (tertiary/aromatic N) is 1. The zero-order valence-electron chi connectivity index (χ0n) is 8.79. The first-order valence-electron chi connectivity index (χ1n) is 4.74. The Kier molecular flexibility index (Phi) is 3.59. The van der Waals surface area contributed by atoms with E-state index in [0.717, 1.165) is 11.5 Å². The van der Waals surface area contributed by atoms with Crippen LogP contribution in [0.3, 0.4) is 0 Å². The second-order valence-electron chi connectivity index (χ2n) is 3.23. The molecule has 1 heterocycles. The molecule has 0 unspecified atom stereocenters. The van der Waals surface area contributed by atoms with Crippen molar-refractivity contribution in [3.63, 3.8) is 0 Å². The maximum absolute atomic E-state index is 11.6. The van der Waals surface area contributed by atoms with Crippen LogP contribution in [-0.2, 0) is 0 Å². The highest BCUT2D eigenvalue weighted by atomic mass is 35.5. The average molecular weight is 284 g/mol. The molecule has 0 fully saturated rings. The van der Waals surface area contributed by atoms with Crippen molar-refractivity contribution in [1.29, 1.82) is 0 Å². The Morgan fingerprint density at radius 3 is 2.72 bits per heavy atom. The van der Waals surface area contributed by atoms with E-state index in [-0.39, 0.29) is 16.3 Å². The van der Waals surface area contributed by atoms with Gasteiger partial charge >= 0.3 is 11.9 Å². The third-order valence-corrected chi connectivity index (χ3v) is 2.95. The van der Waals surface area contributed by atoms with E-state index in [1.807, 2.05) is 0 Å². The number of ether oxygens (including phenoxy) is 1. The smallest absolute Gasteiger partial charge is 0.363 e. The van der Waals surface area contributed by atoms with E-state index >= 15 is 0 Å². The fourth-order valence-corrected chi connectivity index (χ4v) is 1.91. The highest BCUT2D eigenvalue weighted by molar-refractivity contribution is 7.08. The van der Waals surface area contributed by atoms with Gasteiger partial charge in [0.15, 0.2) is 5.69 Å². The van der Waals surface area contributed by atoms with Crippen molar-refractivity contribution in [2.24, 2.45) is 0 Å². The molecule has 92 valence electrons. The molecule has 0 amide bonds. The van der Waals surface area contributed by atoms with Crippen LogP contribution in [0.25, 0.3) is 0 Å². The summed E-state index contributed by atoms with van der Waals surface area (Å²) in [5, 5.41) is 9.14. The van der Waals surface area contributed by atoms with E-state index in [9.17, 15) is 9.59 Å². The Hall–Kier alpha value is -1.92. The predicted octanol–water partition coefficient (Wildman–Crippen LogP) is 2.71. The van der Waals surface area contributed by atoms with E-state index in [4.69, 9.17) is 21.4 Å². The number of rotatable bonds is 3. The van der Waals surface area contributed by atoms with E-state index in [1.54, 1.807) is 18.2 Å². The van der Waals surface area contributed by atoms with Gasteiger partial charge in [-0.1, -0.05) is 17.7 Å². The van der Waals surface area contributed by atoms with Gasteiger partial charge in [0.05, 0.1) is 0 Å². The van der Waals surface area contributed by atoms with Crippen molar-refractivity contribution >= 4 is 35.1 Å². The lowest BCUT2D eigenvalue weighted by atomic mass is 10.3. The number of carboxylic acid groups (broad SMARTS) is 1. The summed E-state index contributed by atoms with van der Waals surface area (Å²) in [4.78, 5) is 22.3. The summed E-state index contributed by atoms with van der Waals surface area (Å²) in [6.45, 7) is 0. The van der Waals surface area contributed by atoms with Crippen LogP contribution in [0.5, 0.6) is 5.75 Å². The molecule has 0 bridgehead atoms. The van der Waals surface area contributed by atoms with Gasteiger partial charge < -0.3 is 9.84 Å². The van der Waals surface area contributed by atoms with Crippen LogP contribution in [0.4, 0.5) is 0 Å². The Morgan fingerprint density at radius 1 is 1.33 bits per heavy atom. The summed E-state index contributed by atoms with van der Waals surface area (Å²) < 4.78 is 8.71. The third-order valence-electron chi connectivity index (χ3n) is 1.94. The molecular weight excluding hydrogens is 278 g/mol. The van der Waals surface area contributed by atoms with Crippen molar-refractivity contribution in [2.75, 3.05) is 0 Å². The van der Waals surface area contributed by atoms with Gasteiger partial charge in [0.25, 0.3) is 0 Å². The molecule has 0 aliphatic carbocycles. The van der Waals surface area contributed by atoms with Crippen LogP contribution in [0, 0.1) is 0 Å². The molecule has 2 rings (SSSR count). The molecule has 2 aromatic rings. The maximum atomic E-state index is 11.6. The molecular formula is C11H6ClNO4S. The van der Waals surface area contributed by atoms with Crippen molar-refractivity contribution in [3.8, 4) is 5.75 Å². The topological polar surface area (TPSA) is 76.5 Å². The van der Waals surface area contributed by atoms with E-state index in [0.29, 0.717) is 5.02 Å². The molecule has 18 heavy (non-hydrogen) atoms. The standard InChI is InChI=1S/C11H6ClNO4S/c12-6-2-1-3-7(4-6)17-11(16)8-5-9(10(14)15)18-13-8/h1-5H,(H,14,15). The molecule has 0 radical (unpaired) electrons. The Labute approximate surface area is 111 Å². The summed E-state index contributed by atoms with van der Waals surface area (Å²) in [5.74, 6) is -1.58. The normalized spacial score (nSPS) is 10.1. The van der Waals surface area contributed by atoms with Gasteiger partial charge in [-0.3, -0.25) is 0 Å². The van der Waals surface area contributed by atoms with E-state index < -0.39 is 11.9 Å². The van der Waals surface area contributed by atoms with Crippen LogP contribution < -0.4 is 4.74 Å². The molecule has 0 atom stereocenters. The number of carbonyl (C=O) groups is 2. The van der Waals surface area contributed by atoms with Crippen molar-refractivity contribution in [3.05, 3.63) is 45.9 Å². The second kappa shape index (κ2) is 5.16. The van der Waals surface area contributed by atoms with E-state index in [2.05, 4.69) is 4.37 Å². The monoisotopic (exact) mass is 283 g/mol. The largest absolute Gasteiger partial charge is 0.477 e. The summed E-state index contributed by atoms with van der Waals surface area (Å²) in [7, 11) is 0. The number of carbonyl (C=O) groups excluding carboxylic acids is 1. The van der Waals surface area contributed by atoms with Gasteiger partial charge in [0.2, 0.25) is 0 Å². The lowest BCUT2D eigenvalue weighted by Crippen LogP contribution is -2.08. The SMILES string of the molecule is O=C(Oc1cccc(Cl)c1)c1cc(C(=O)O)sn1. The molecule has 7 heteroatoms. The van der Waals surface area contributed by atoms with Crippen molar-refractivity contribution in [2.45, 2.75) is 0 Å². The minimum atomic E-state index is -1.13. The molecule has 1 aromatic heterocycles. The zero-order valence-corrected chi connectivity index (χ0v) is 10.4. The van der Waals surface area contributed by atoms with Gasteiger partial charge in [-0.05, 0) is 35.8 Å². The number of esters is 1. The highest BCUT2D eigenvalue weighted by Crippen LogP contribution is 2.19. The first-order valence-corrected chi connectivity index (χ1v) is 5.89. The van der Waals surface area contributed by atoms with Gasteiger partial charge in [-0.25, -0.2) is 9.59 Å². The molecule has 0 saturated heterocycles. The predicted molar refractivity (Wildman–Crippen MR) is 65.5 cm³/mol. The fourth-order valence-electron chi connectivity index (χ4n) is 1.16. The number of carboxylic acids is 1. The van der Waals surface area contributed by atoms with E-state index in [1.165, 1.54) is 12.1 Å². The number of aromatic carboxylic acids is 1. The fraction of sp³-hybridized carbons (Fsp3) is 0. The van der Waals surface area contributed by atoms with Gasteiger partial charge in [-0.2, -0.15) is 4.37 Å². The summed E-state index contributed by atoms with van der Waals surface area (Å²) in [5.41, 5.74) is -0.0441. The third kappa shape index (κ3) is 2.85. The number of halogens is 1. The molecule has 0 aliphatic heterocycles. The quantitative estimate of drug-likeness (QED) is 0.692. The van der Waals surface area contributed by atoms with Crippen LogP contribution in [0.2, 0.25) is 5.02 Å². The van der Waals surface area contributed by atoms with Gasteiger partial charge in [-0.15, -0.1) is 0 Å². The van der Waals surface area contributed by atoms with Gasteiger partial charge in [0, 0.05) is 5.02 Å². The number of hydrogen-bond donors (Lipinski definition) is 1.